The van der Waals surface area contributed by atoms with Crippen molar-refractivity contribution in [1.29, 1.82) is 0 Å². The predicted molar refractivity (Wildman–Crippen MR) is 80.1 cm³/mol. The van der Waals surface area contributed by atoms with Gasteiger partial charge >= 0.3 is 0 Å². The molecule has 0 atom stereocenters. The number of aryl methyl sites for hydroxylation is 1. The zero-order valence-corrected chi connectivity index (χ0v) is 12.5. The lowest BCUT2D eigenvalue weighted by molar-refractivity contribution is 0.280. The number of para-hydroxylation sites is 1. The van der Waals surface area contributed by atoms with Crippen molar-refractivity contribution in [2.45, 2.75) is 39.7 Å². The number of ether oxygens (including phenoxy) is 1. The van der Waals surface area contributed by atoms with Gasteiger partial charge in [-0.3, -0.25) is 0 Å². The first-order valence-electron chi connectivity index (χ1n) is 6.76. The molecule has 20 heavy (non-hydrogen) atoms. The molecule has 0 aliphatic rings. The lowest BCUT2D eigenvalue weighted by Gasteiger charge is -2.19. The van der Waals surface area contributed by atoms with Crippen LogP contribution in [0.15, 0.2) is 36.4 Å². The van der Waals surface area contributed by atoms with Gasteiger partial charge in [-0.05, 0) is 30.2 Å². The molecule has 3 heteroatoms. The van der Waals surface area contributed by atoms with E-state index in [1.54, 1.807) is 6.07 Å². The van der Waals surface area contributed by atoms with Crippen molar-refractivity contribution < 1.29 is 9.84 Å². The number of rotatable bonds is 3. The van der Waals surface area contributed by atoms with Crippen molar-refractivity contribution in [3.05, 3.63) is 53.2 Å². The van der Waals surface area contributed by atoms with E-state index < -0.39 is 0 Å². The minimum Gasteiger partial charge on any atom is -0.439 e. The number of nitrogens with zero attached hydrogens (tertiary/aromatic N) is 1. The summed E-state index contributed by atoms with van der Waals surface area (Å²) in [5.41, 5.74) is 2.69. The Balaban J connectivity index is 2.39. The second-order valence-electron chi connectivity index (χ2n) is 5.97. The van der Waals surface area contributed by atoms with Gasteiger partial charge in [-0.15, -0.1) is 0 Å². The molecule has 0 fully saturated rings. The van der Waals surface area contributed by atoms with E-state index in [2.05, 4.69) is 25.8 Å². The first-order chi connectivity index (χ1) is 9.40. The first kappa shape index (κ1) is 14.5. The van der Waals surface area contributed by atoms with E-state index in [0.717, 1.165) is 22.6 Å². The number of aromatic nitrogens is 1. The summed E-state index contributed by atoms with van der Waals surface area (Å²) in [6.07, 6.45) is 0. The molecule has 0 amide bonds. The lowest BCUT2D eigenvalue weighted by Crippen LogP contribution is -2.14. The number of hydrogen-bond acceptors (Lipinski definition) is 3. The summed E-state index contributed by atoms with van der Waals surface area (Å²) in [6.45, 7) is 8.25. The number of aliphatic hydroxyl groups is 1. The molecule has 2 aromatic rings. The summed E-state index contributed by atoms with van der Waals surface area (Å²) >= 11 is 0. The van der Waals surface area contributed by atoms with Gasteiger partial charge < -0.3 is 9.84 Å². The van der Waals surface area contributed by atoms with Crippen molar-refractivity contribution in [1.82, 2.24) is 4.98 Å². The molecule has 1 N–H and O–H groups in total. The Morgan fingerprint density at radius 1 is 1.15 bits per heavy atom. The smallest absolute Gasteiger partial charge is 0.219 e. The van der Waals surface area contributed by atoms with Crippen LogP contribution in [-0.2, 0) is 12.0 Å². The maximum Gasteiger partial charge on any atom is 0.219 e. The van der Waals surface area contributed by atoms with Gasteiger partial charge in [0.25, 0.3) is 0 Å². The minimum absolute atomic E-state index is 0.0181. The topological polar surface area (TPSA) is 42.4 Å². The maximum atomic E-state index is 9.39. The predicted octanol–water partition coefficient (Wildman–Crippen LogP) is 3.97. The van der Waals surface area contributed by atoms with Crippen molar-refractivity contribution in [3.8, 4) is 11.6 Å². The summed E-state index contributed by atoms with van der Waals surface area (Å²) in [4.78, 5) is 4.56. The number of aliphatic hydroxyl groups excluding tert-OH is 1. The van der Waals surface area contributed by atoms with Crippen molar-refractivity contribution >= 4 is 0 Å². The highest BCUT2D eigenvalue weighted by Gasteiger charge is 2.18. The van der Waals surface area contributed by atoms with Crippen LogP contribution in [0.25, 0.3) is 0 Å². The molecule has 1 heterocycles. The van der Waals surface area contributed by atoms with E-state index >= 15 is 0 Å². The van der Waals surface area contributed by atoms with Crippen LogP contribution in [0.1, 0.15) is 37.6 Å². The highest BCUT2D eigenvalue weighted by atomic mass is 16.5. The van der Waals surface area contributed by atoms with Gasteiger partial charge in [0.15, 0.2) is 0 Å². The summed E-state index contributed by atoms with van der Waals surface area (Å²) in [6, 6.07) is 11.5. The molecule has 0 aliphatic carbocycles. The van der Waals surface area contributed by atoms with Crippen LogP contribution in [0.3, 0.4) is 0 Å². The molecule has 0 radical (unpaired) electrons. The van der Waals surface area contributed by atoms with Crippen LogP contribution in [0.2, 0.25) is 0 Å². The third-order valence-corrected chi connectivity index (χ3v) is 3.12. The summed E-state index contributed by atoms with van der Waals surface area (Å²) in [5.74, 6) is 1.31. The zero-order chi connectivity index (χ0) is 14.8. The Bertz CT molecular complexity index is 600. The normalized spacial score (nSPS) is 11.4. The minimum atomic E-state index is -0.0883. The Hall–Kier alpha value is -1.87. The SMILES string of the molecule is Cc1ccccc1Oc1cc(CO)cc(C(C)(C)C)n1. The molecule has 0 unspecified atom stereocenters. The molecule has 0 aliphatic heterocycles. The van der Waals surface area contributed by atoms with Crippen LogP contribution in [0.5, 0.6) is 11.6 Å². The Morgan fingerprint density at radius 2 is 1.85 bits per heavy atom. The largest absolute Gasteiger partial charge is 0.439 e. The van der Waals surface area contributed by atoms with Crippen molar-refractivity contribution in [3.63, 3.8) is 0 Å². The summed E-state index contributed by atoms with van der Waals surface area (Å²) in [7, 11) is 0. The monoisotopic (exact) mass is 271 g/mol. The average Bonchev–Trinajstić information content (AvgIpc) is 2.40. The van der Waals surface area contributed by atoms with Gasteiger partial charge in [0.1, 0.15) is 5.75 Å². The van der Waals surface area contributed by atoms with E-state index in [4.69, 9.17) is 4.74 Å². The molecule has 3 nitrogen and oxygen atoms in total. The fourth-order valence-corrected chi connectivity index (χ4v) is 1.87. The second-order valence-corrected chi connectivity index (χ2v) is 5.97. The van der Waals surface area contributed by atoms with E-state index in [1.807, 2.05) is 37.3 Å². The van der Waals surface area contributed by atoms with E-state index in [-0.39, 0.29) is 12.0 Å². The van der Waals surface area contributed by atoms with Gasteiger partial charge in [0.05, 0.1) is 12.3 Å². The first-order valence-corrected chi connectivity index (χ1v) is 6.76. The molecule has 0 saturated heterocycles. The van der Waals surface area contributed by atoms with Crippen molar-refractivity contribution in [2.75, 3.05) is 0 Å². The van der Waals surface area contributed by atoms with Gasteiger partial charge in [-0.1, -0.05) is 39.0 Å². The third-order valence-electron chi connectivity index (χ3n) is 3.12. The molecular formula is C17H21NO2. The van der Waals surface area contributed by atoms with Crippen LogP contribution >= 0.6 is 0 Å². The van der Waals surface area contributed by atoms with Gasteiger partial charge in [-0.25, -0.2) is 4.98 Å². The third kappa shape index (κ3) is 3.36. The van der Waals surface area contributed by atoms with Crippen LogP contribution in [0, 0.1) is 6.92 Å². The highest BCUT2D eigenvalue weighted by molar-refractivity contribution is 5.36. The maximum absolute atomic E-state index is 9.39. The summed E-state index contributed by atoms with van der Waals surface area (Å²) in [5, 5.41) is 9.39. The average molecular weight is 271 g/mol. The molecule has 0 spiro atoms. The van der Waals surface area contributed by atoms with E-state index in [1.165, 1.54) is 0 Å². The summed E-state index contributed by atoms with van der Waals surface area (Å²) < 4.78 is 5.87. The lowest BCUT2D eigenvalue weighted by atomic mass is 9.91. The van der Waals surface area contributed by atoms with E-state index in [0.29, 0.717) is 5.88 Å². The van der Waals surface area contributed by atoms with Gasteiger partial charge in [-0.2, -0.15) is 0 Å². The molecule has 0 bridgehead atoms. The second kappa shape index (κ2) is 5.63. The highest BCUT2D eigenvalue weighted by Crippen LogP contribution is 2.28. The zero-order valence-electron chi connectivity index (χ0n) is 12.5. The van der Waals surface area contributed by atoms with Crippen molar-refractivity contribution in [2.24, 2.45) is 0 Å². The van der Waals surface area contributed by atoms with Crippen LogP contribution < -0.4 is 4.74 Å². The van der Waals surface area contributed by atoms with E-state index in [9.17, 15) is 5.11 Å². The van der Waals surface area contributed by atoms with Gasteiger partial charge in [0, 0.05) is 11.5 Å². The standard InChI is InChI=1S/C17H21NO2/c1-12-7-5-6-8-14(12)20-16-10-13(11-19)9-15(18-16)17(2,3)4/h5-10,19H,11H2,1-4H3. The Labute approximate surface area is 120 Å². The Morgan fingerprint density at radius 3 is 2.45 bits per heavy atom. The quantitative estimate of drug-likeness (QED) is 0.918. The number of pyridine rings is 1. The molecular weight excluding hydrogens is 250 g/mol. The fourth-order valence-electron chi connectivity index (χ4n) is 1.87. The fraction of sp³-hybridized carbons (Fsp3) is 0.353. The van der Waals surface area contributed by atoms with Crippen LogP contribution in [-0.4, -0.2) is 10.1 Å². The molecule has 106 valence electrons. The molecule has 1 aromatic heterocycles. The van der Waals surface area contributed by atoms with Gasteiger partial charge in [0.2, 0.25) is 5.88 Å². The van der Waals surface area contributed by atoms with Crippen LogP contribution in [0.4, 0.5) is 0 Å². The molecule has 1 aromatic carbocycles. The molecule has 0 saturated carbocycles. The molecule has 2 rings (SSSR count). The Kier molecular flexibility index (Phi) is 4.09. The number of benzene rings is 1. The number of hydrogen-bond donors (Lipinski definition) is 1.